The minimum Gasteiger partial charge on any atom is -0.495 e. The smallest absolute Gasteiger partial charge is 0.218 e. The first-order valence-electron chi connectivity index (χ1n) is 9.87. The van der Waals surface area contributed by atoms with E-state index in [-0.39, 0.29) is 11.8 Å². The fourth-order valence-corrected chi connectivity index (χ4v) is 3.94. The molecule has 2 heterocycles. The van der Waals surface area contributed by atoms with Gasteiger partial charge < -0.3 is 25.2 Å². The lowest BCUT2D eigenvalue weighted by Gasteiger charge is -2.36. The van der Waals surface area contributed by atoms with Gasteiger partial charge in [0.05, 0.1) is 12.8 Å². The minimum atomic E-state index is 0.105. The van der Waals surface area contributed by atoms with Gasteiger partial charge in [-0.2, -0.15) is 0 Å². The first-order chi connectivity index (χ1) is 13.5. The zero-order chi connectivity index (χ0) is 20.3. The van der Waals surface area contributed by atoms with E-state index in [0.717, 1.165) is 44.9 Å². The molecule has 1 fully saturated rings. The molecule has 1 aliphatic rings. The monoisotopic (exact) mass is 388 g/mol. The number of anilines is 2. The molecule has 0 bridgehead atoms. The predicted molar refractivity (Wildman–Crippen MR) is 113 cm³/mol. The van der Waals surface area contributed by atoms with E-state index < -0.39 is 0 Å². The van der Waals surface area contributed by atoms with Gasteiger partial charge in [-0.15, -0.1) is 0 Å². The van der Waals surface area contributed by atoms with E-state index in [1.807, 2.05) is 6.07 Å². The van der Waals surface area contributed by atoms with E-state index in [2.05, 4.69) is 34.2 Å². The summed E-state index contributed by atoms with van der Waals surface area (Å²) in [5.74, 6) is 1.17. The van der Waals surface area contributed by atoms with E-state index in [0.29, 0.717) is 17.8 Å². The van der Waals surface area contributed by atoms with Gasteiger partial charge in [0.25, 0.3) is 0 Å². The van der Waals surface area contributed by atoms with E-state index in [4.69, 9.17) is 4.74 Å². The summed E-state index contributed by atoms with van der Waals surface area (Å²) in [6.07, 6.45) is 0.867. The SMILES string of the molecule is CNc1c(C)c(O)n(CCCN2CCN(c3cc(C)ccc3OC)CC2)c1O. The molecule has 0 saturated carbocycles. The second kappa shape index (κ2) is 8.65. The summed E-state index contributed by atoms with van der Waals surface area (Å²) in [5, 5.41) is 23.4. The van der Waals surface area contributed by atoms with E-state index in [1.54, 1.807) is 25.6 Å². The second-order valence-electron chi connectivity index (χ2n) is 7.41. The molecule has 1 aromatic heterocycles. The van der Waals surface area contributed by atoms with E-state index in [1.165, 1.54) is 11.3 Å². The number of nitrogens with one attached hydrogen (secondary N) is 1. The number of aromatic nitrogens is 1. The highest BCUT2D eigenvalue weighted by molar-refractivity contribution is 5.64. The number of hydrogen-bond donors (Lipinski definition) is 3. The van der Waals surface area contributed by atoms with Gasteiger partial charge in [-0.1, -0.05) is 6.07 Å². The van der Waals surface area contributed by atoms with Crippen LogP contribution in [0.25, 0.3) is 0 Å². The summed E-state index contributed by atoms with van der Waals surface area (Å²) < 4.78 is 7.11. The summed E-state index contributed by atoms with van der Waals surface area (Å²) >= 11 is 0. The average molecular weight is 389 g/mol. The number of ether oxygens (including phenoxy) is 1. The Morgan fingerprint density at radius 1 is 1.04 bits per heavy atom. The number of rotatable bonds is 7. The lowest BCUT2D eigenvalue weighted by Crippen LogP contribution is -2.46. The summed E-state index contributed by atoms with van der Waals surface area (Å²) in [4.78, 5) is 4.82. The van der Waals surface area contributed by atoms with Gasteiger partial charge in [0.2, 0.25) is 5.88 Å². The molecule has 0 atom stereocenters. The van der Waals surface area contributed by atoms with Crippen molar-refractivity contribution < 1.29 is 14.9 Å². The van der Waals surface area contributed by atoms with Crippen molar-refractivity contribution in [2.45, 2.75) is 26.8 Å². The van der Waals surface area contributed by atoms with Crippen LogP contribution >= 0.6 is 0 Å². The zero-order valence-electron chi connectivity index (χ0n) is 17.3. The molecule has 1 saturated heterocycles. The van der Waals surface area contributed by atoms with Crippen LogP contribution in [0.1, 0.15) is 17.5 Å². The Bertz CT molecular complexity index is 810. The van der Waals surface area contributed by atoms with E-state index >= 15 is 0 Å². The Morgan fingerprint density at radius 3 is 2.36 bits per heavy atom. The molecule has 0 spiro atoms. The Labute approximate surface area is 167 Å². The Balaban J connectivity index is 1.53. The molecule has 7 nitrogen and oxygen atoms in total. The molecular formula is C21H32N4O3. The topological polar surface area (TPSA) is 73.1 Å². The molecule has 1 aliphatic heterocycles. The van der Waals surface area contributed by atoms with Crippen molar-refractivity contribution in [2.75, 3.05) is 57.1 Å². The highest BCUT2D eigenvalue weighted by atomic mass is 16.5. The quantitative estimate of drug-likeness (QED) is 0.677. The number of piperazine rings is 1. The molecule has 3 rings (SSSR count). The molecule has 1 aromatic carbocycles. The Hall–Kier alpha value is -2.54. The lowest BCUT2D eigenvalue weighted by molar-refractivity contribution is 0.246. The van der Waals surface area contributed by atoms with Crippen molar-refractivity contribution in [3.05, 3.63) is 29.3 Å². The maximum Gasteiger partial charge on any atom is 0.218 e. The van der Waals surface area contributed by atoms with Crippen LogP contribution in [-0.4, -0.2) is 66.6 Å². The highest BCUT2D eigenvalue weighted by Crippen LogP contribution is 2.37. The van der Waals surface area contributed by atoms with Gasteiger partial charge in [0.1, 0.15) is 11.4 Å². The number of benzene rings is 1. The third-order valence-corrected chi connectivity index (χ3v) is 5.60. The molecule has 7 heteroatoms. The molecular weight excluding hydrogens is 356 g/mol. The van der Waals surface area contributed by atoms with Crippen LogP contribution in [-0.2, 0) is 6.54 Å². The number of hydrogen-bond acceptors (Lipinski definition) is 6. The van der Waals surface area contributed by atoms with Crippen LogP contribution in [0.5, 0.6) is 17.5 Å². The average Bonchev–Trinajstić information content (AvgIpc) is 2.91. The van der Waals surface area contributed by atoms with Crippen molar-refractivity contribution >= 4 is 11.4 Å². The fourth-order valence-electron chi connectivity index (χ4n) is 3.94. The number of nitrogens with zero attached hydrogens (tertiary/aromatic N) is 3. The molecule has 0 amide bonds. The van der Waals surface area contributed by atoms with Gasteiger partial charge in [-0.25, -0.2) is 0 Å². The van der Waals surface area contributed by atoms with Crippen LogP contribution in [0.3, 0.4) is 0 Å². The maximum absolute atomic E-state index is 10.3. The summed E-state index contributed by atoms with van der Waals surface area (Å²) in [6.45, 7) is 9.33. The molecule has 28 heavy (non-hydrogen) atoms. The van der Waals surface area contributed by atoms with Crippen molar-refractivity contribution in [2.24, 2.45) is 0 Å². The van der Waals surface area contributed by atoms with E-state index in [9.17, 15) is 10.2 Å². The van der Waals surface area contributed by atoms with Gasteiger partial charge in [0.15, 0.2) is 5.88 Å². The second-order valence-corrected chi connectivity index (χ2v) is 7.41. The third kappa shape index (κ3) is 3.99. The Morgan fingerprint density at radius 2 is 1.75 bits per heavy atom. The third-order valence-electron chi connectivity index (χ3n) is 5.60. The molecule has 0 radical (unpaired) electrons. The molecule has 2 aromatic rings. The summed E-state index contributed by atoms with van der Waals surface area (Å²) in [5.41, 5.74) is 3.68. The molecule has 3 N–H and O–H groups in total. The van der Waals surface area contributed by atoms with Crippen molar-refractivity contribution in [3.63, 3.8) is 0 Å². The van der Waals surface area contributed by atoms with Crippen molar-refractivity contribution in [1.82, 2.24) is 9.47 Å². The first-order valence-corrected chi connectivity index (χ1v) is 9.87. The van der Waals surface area contributed by atoms with Crippen LogP contribution in [0, 0.1) is 13.8 Å². The zero-order valence-corrected chi connectivity index (χ0v) is 17.3. The van der Waals surface area contributed by atoms with Gasteiger partial charge in [-0.05, 0) is 44.5 Å². The van der Waals surface area contributed by atoms with Crippen LogP contribution in [0.4, 0.5) is 11.4 Å². The lowest BCUT2D eigenvalue weighted by atomic mass is 10.1. The largest absolute Gasteiger partial charge is 0.495 e. The van der Waals surface area contributed by atoms with Gasteiger partial charge >= 0.3 is 0 Å². The predicted octanol–water partition coefficient (Wildman–Crippen LogP) is 2.78. The van der Waals surface area contributed by atoms with Crippen LogP contribution in [0.2, 0.25) is 0 Å². The van der Waals surface area contributed by atoms with Crippen molar-refractivity contribution in [3.8, 4) is 17.5 Å². The fraction of sp³-hybridized carbons (Fsp3) is 0.524. The molecule has 0 unspecified atom stereocenters. The van der Waals surface area contributed by atoms with Gasteiger partial charge in [0, 0.05) is 45.3 Å². The molecule has 154 valence electrons. The first kappa shape index (κ1) is 20.2. The number of aryl methyl sites for hydroxylation is 1. The van der Waals surface area contributed by atoms with Crippen LogP contribution in [0.15, 0.2) is 18.2 Å². The number of methoxy groups -OCH3 is 1. The highest BCUT2D eigenvalue weighted by Gasteiger charge is 2.21. The van der Waals surface area contributed by atoms with Gasteiger partial charge in [-0.3, -0.25) is 9.47 Å². The van der Waals surface area contributed by atoms with Crippen molar-refractivity contribution in [1.29, 1.82) is 0 Å². The summed E-state index contributed by atoms with van der Waals surface area (Å²) in [7, 11) is 3.46. The maximum atomic E-state index is 10.3. The number of aromatic hydroxyl groups is 2. The van der Waals surface area contributed by atoms with Crippen LogP contribution < -0.4 is 15.0 Å². The summed E-state index contributed by atoms with van der Waals surface area (Å²) in [6, 6.07) is 6.30. The normalized spacial score (nSPS) is 15.1. The standard InChI is InChI=1S/C21H32N4O3/c1-15-6-7-18(28-4)17(14-15)24-12-10-23(11-13-24)8-5-9-25-20(26)16(2)19(22-3)21(25)27/h6-7,14,22,26-27H,5,8-13H2,1-4H3. The Kier molecular flexibility index (Phi) is 6.24. The minimum absolute atomic E-state index is 0.105. The molecule has 0 aliphatic carbocycles.